The quantitative estimate of drug-likeness (QED) is 0.182. The molecule has 6 aromatic carbocycles. The van der Waals surface area contributed by atoms with Crippen molar-refractivity contribution in [1.29, 1.82) is 0 Å². The Morgan fingerprint density at radius 3 is 1.88 bits per heavy atom. The number of allylic oxidation sites excluding steroid dienone is 2. The Balaban J connectivity index is 1.07. The molecule has 0 saturated carbocycles. The molecule has 2 heteroatoms. The number of rotatable bonds is 5. The van der Waals surface area contributed by atoms with E-state index in [1.54, 1.807) is 0 Å². The van der Waals surface area contributed by atoms with Crippen LogP contribution in [0.3, 0.4) is 0 Å². The van der Waals surface area contributed by atoms with E-state index in [9.17, 15) is 0 Å². The molecule has 0 N–H and O–H groups in total. The van der Waals surface area contributed by atoms with Gasteiger partial charge in [-0.25, -0.2) is 0 Å². The van der Waals surface area contributed by atoms with Crippen molar-refractivity contribution < 1.29 is 0 Å². The zero-order valence-electron chi connectivity index (χ0n) is 27.8. The number of hydrogen-bond donors (Lipinski definition) is 0. The van der Waals surface area contributed by atoms with Gasteiger partial charge in [0.15, 0.2) is 0 Å². The van der Waals surface area contributed by atoms with E-state index >= 15 is 0 Å². The van der Waals surface area contributed by atoms with Crippen LogP contribution in [0.4, 0.5) is 11.4 Å². The Kier molecular flexibility index (Phi) is 6.80. The molecule has 7 aromatic rings. The van der Waals surface area contributed by atoms with Gasteiger partial charge >= 0.3 is 0 Å². The van der Waals surface area contributed by atoms with Gasteiger partial charge in [0.25, 0.3) is 0 Å². The summed E-state index contributed by atoms with van der Waals surface area (Å²) in [6.07, 6.45) is 16.1. The summed E-state index contributed by atoms with van der Waals surface area (Å²) >= 11 is 0. The van der Waals surface area contributed by atoms with Gasteiger partial charge in [-0.15, -0.1) is 0 Å². The SMILES string of the molecule is C1=CC2c3cc(-c4ccc5c(c4)c4c(n5-c5cccc(-c6ccccc6)c5)=CCCC=4)ccc3N(c3cccc(-c4ccccc4)c3)C2C=C1. The largest absolute Gasteiger partial charge is 0.333 e. The van der Waals surface area contributed by atoms with Crippen LogP contribution in [0.2, 0.25) is 0 Å². The first-order chi connectivity index (χ1) is 24.8. The lowest BCUT2D eigenvalue weighted by Crippen LogP contribution is -2.30. The van der Waals surface area contributed by atoms with Gasteiger partial charge in [-0.3, -0.25) is 0 Å². The molecule has 2 aliphatic carbocycles. The topological polar surface area (TPSA) is 8.17 Å². The van der Waals surface area contributed by atoms with Crippen molar-refractivity contribution in [3.05, 3.63) is 186 Å². The van der Waals surface area contributed by atoms with Crippen LogP contribution in [0.1, 0.15) is 24.3 Å². The minimum Gasteiger partial charge on any atom is -0.333 e. The highest BCUT2D eigenvalue weighted by molar-refractivity contribution is 5.90. The third-order valence-corrected chi connectivity index (χ3v) is 10.7. The van der Waals surface area contributed by atoms with E-state index < -0.39 is 0 Å². The maximum Gasteiger partial charge on any atom is 0.0629 e. The lowest BCUT2D eigenvalue weighted by molar-refractivity contribution is 0.745. The number of hydrogen-bond acceptors (Lipinski definition) is 1. The average molecular weight is 641 g/mol. The van der Waals surface area contributed by atoms with Crippen LogP contribution in [-0.2, 0) is 0 Å². The first-order valence-electron chi connectivity index (χ1n) is 17.7. The molecule has 50 heavy (non-hydrogen) atoms. The van der Waals surface area contributed by atoms with Crippen molar-refractivity contribution in [3.8, 4) is 39.1 Å². The van der Waals surface area contributed by atoms with Crippen molar-refractivity contribution in [2.45, 2.75) is 24.8 Å². The fourth-order valence-corrected chi connectivity index (χ4v) is 8.40. The summed E-state index contributed by atoms with van der Waals surface area (Å²) < 4.78 is 2.46. The van der Waals surface area contributed by atoms with Crippen LogP contribution in [0, 0.1) is 0 Å². The molecule has 2 nitrogen and oxygen atoms in total. The molecule has 10 rings (SSSR count). The Morgan fingerprint density at radius 1 is 0.480 bits per heavy atom. The van der Waals surface area contributed by atoms with Gasteiger partial charge in [0.2, 0.25) is 0 Å². The first-order valence-corrected chi connectivity index (χ1v) is 17.7. The van der Waals surface area contributed by atoms with E-state index in [0.717, 1.165) is 12.8 Å². The smallest absolute Gasteiger partial charge is 0.0629 e. The molecule has 0 saturated heterocycles. The van der Waals surface area contributed by atoms with Crippen LogP contribution >= 0.6 is 0 Å². The van der Waals surface area contributed by atoms with E-state index in [-0.39, 0.29) is 6.04 Å². The molecule has 0 fully saturated rings. The van der Waals surface area contributed by atoms with Gasteiger partial charge in [-0.2, -0.15) is 0 Å². The van der Waals surface area contributed by atoms with E-state index in [4.69, 9.17) is 0 Å². The van der Waals surface area contributed by atoms with Gasteiger partial charge < -0.3 is 9.47 Å². The lowest BCUT2D eigenvalue weighted by Gasteiger charge is -2.29. The van der Waals surface area contributed by atoms with Gasteiger partial charge in [-0.1, -0.05) is 134 Å². The lowest BCUT2D eigenvalue weighted by atomic mass is 9.89. The molecule has 0 radical (unpaired) electrons. The number of benzene rings is 6. The monoisotopic (exact) mass is 640 g/mol. The van der Waals surface area contributed by atoms with Crippen LogP contribution in [0.15, 0.2) is 170 Å². The molecule has 2 unspecified atom stereocenters. The Morgan fingerprint density at radius 2 is 1.10 bits per heavy atom. The molecule has 1 aliphatic heterocycles. The average Bonchev–Trinajstić information content (AvgIpc) is 3.71. The second-order valence-corrected chi connectivity index (χ2v) is 13.6. The summed E-state index contributed by atoms with van der Waals surface area (Å²) in [5.41, 5.74) is 13.8. The fraction of sp³-hybridized carbons (Fsp3) is 0.0833. The van der Waals surface area contributed by atoms with Crippen molar-refractivity contribution in [2.24, 2.45) is 0 Å². The van der Waals surface area contributed by atoms with Gasteiger partial charge in [0.05, 0.1) is 11.6 Å². The standard InChI is InChI=1S/C48H36N2/c1-3-13-33(14-4-1)35-17-11-19-39(29-35)49-45-23-9-7-21-41(45)43-31-37(25-27-47(43)49)38-26-28-48-44(32-38)42-22-8-10-24-46(42)50(48)40-20-12-18-36(30-40)34-15-5-2-6-16-34/h1-7,9,11-32,41,45H,8,10H2. The number of aromatic nitrogens is 1. The Hall–Kier alpha value is -6.12. The Bertz CT molecular complexity index is 2610. The van der Waals surface area contributed by atoms with Crippen molar-refractivity contribution in [2.75, 3.05) is 4.90 Å². The number of nitrogens with zero attached hydrogens (tertiary/aromatic N) is 2. The molecule has 2 atom stereocenters. The second kappa shape index (κ2) is 11.8. The highest BCUT2D eigenvalue weighted by Crippen LogP contribution is 2.49. The molecule has 2 heterocycles. The minimum atomic E-state index is 0.247. The fourth-order valence-electron chi connectivity index (χ4n) is 8.40. The molecule has 1 aromatic heterocycles. The summed E-state index contributed by atoms with van der Waals surface area (Å²) in [7, 11) is 0. The molecule has 0 bridgehead atoms. The zero-order valence-corrected chi connectivity index (χ0v) is 27.8. The van der Waals surface area contributed by atoms with E-state index in [0.29, 0.717) is 5.92 Å². The van der Waals surface area contributed by atoms with Crippen LogP contribution in [0.25, 0.3) is 62.1 Å². The van der Waals surface area contributed by atoms with Crippen LogP contribution in [0.5, 0.6) is 0 Å². The van der Waals surface area contributed by atoms with Crippen molar-refractivity contribution >= 4 is 34.4 Å². The second-order valence-electron chi connectivity index (χ2n) is 13.6. The molecule has 0 amide bonds. The maximum absolute atomic E-state index is 2.53. The van der Waals surface area contributed by atoms with Gasteiger partial charge in [0.1, 0.15) is 0 Å². The number of anilines is 2. The first kappa shape index (κ1) is 28.9. The third-order valence-electron chi connectivity index (χ3n) is 10.7. The summed E-state index contributed by atoms with van der Waals surface area (Å²) in [5.74, 6) is 0.299. The highest BCUT2D eigenvalue weighted by Gasteiger charge is 2.37. The molecular formula is C48H36N2. The Labute approximate surface area is 292 Å². The predicted octanol–water partition coefficient (Wildman–Crippen LogP) is 10.7. The molecule has 0 spiro atoms. The summed E-state index contributed by atoms with van der Waals surface area (Å²) in [5, 5.41) is 3.97. The number of fused-ring (bicyclic) bond motifs is 6. The molecule has 238 valence electrons. The van der Waals surface area contributed by atoms with E-state index in [1.165, 1.54) is 77.5 Å². The van der Waals surface area contributed by atoms with Gasteiger partial charge in [0, 0.05) is 38.9 Å². The normalized spacial score (nSPS) is 17.2. The van der Waals surface area contributed by atoms with Crippen molar-refractivity contribution in [3.63, 3.8) is 0 Å². The predicted molar refractivity (Wildman–Crippen MR) is 210 cm³/mol. The summed E-state index contributed by atoms with van der Waals surface area (Å²) in [6.45, 7) is 0. The molecule has 3 aliphatic rings. The highest BCUT2D eigenvalue weighted by atomic mass is 15.2. The minimum absolute atomic E-state index is 0.247. The van der Waals surface area contributed by atoms with Gasteiger partial charge in [-0.05, 0) is 100 Å². The summed E-state index contributed by atoms with van der Waals surface area (Å²) in [4.78, 5) is 2.53. The molecular weight excluding hydrogens is 605 g/mol. The van der Waals surface area contributed by atoms with E-state index in [1.807, 2.05) is 0 Å². The van der Waals surface area contributed by atoms with Crippen molar-refractivity contribution in [1.82, 2.24) is 4.57 Å². The maximum atomic E-state index is 2.53. The van der Waals surface area contributed by atoms with Crippen LogP contribution in [-0.4, -0.2) is 10.6 Å². The van der Waals surface area contributed by atoms with Crippen LogP contribution < -0.4 is 15.5 Å². The van der Waals surface area contributed by atoms with E-state index in [2.05, 4.69) is 192 Å². The third kappa shape index (κ3) is 4.71. The zero-order chi connectivity index (χ0) is 33.0. The summed E-state index contributed by atoms with van der Waals surface area (Å²) in [6, 6.07) is 53.8.